The maximum Gasteiger partial charge on any atom is 0.0791 e. The Morgan fingerprint density at radius 2 is 1.32 bits per heavy atom. The van der Waals surface area contributed by atoms with E-state index in [1.54, 1.807) is 0 Å². The Morgan fingerprint density at radius 1 is 0.714 bits per heavy atom. The standard InChI is InChI=1S/C26H28N2/c1-4-17-28(18-5-2)26-19(3)27-25(23-14-8-9-15-24(23)26)22-16-10-12-20-11-6-7-13-21(20)22/h6-16H,4-5,17-18H2,1-3H3. The lowest BCUT2D eigenvalue weighted by molar-refractivity contribution is 0.743. The number of hydrogen-bond donors (Lipinski definition) is 0. The summed E-state index contributed by atoms with van der Waals surface area (Å²) in [7, 11) is 0. The molecule has 0 saturated carbocycles. The van der Waals surface area contributed by atoms with Crippen molar-refractivity contribution < 1.29 is 0 Å². The maximum absolute atomic E-state index is 5.17. The van der Waals surface area contributed by atoms with Crippen molar-refractivity contribution >= 4 is 27.2 Å². The van der Waals surface area contributed by atoms with Gasteiger partial charge in [-0.1, -0.05) is 80.6 Å². The van der Waals surface area contributed by atoms with E-state index >= 15 is 0 Å². The number of anilines is 1. The molecule has 28 heavy (non-hydrogen) atoms. The van der Waals surface area contributed by atoms with E-state index in [0.717, 1.165) is 37.3 Å². The highest BCUT2D eigenvalue weighted by molar-refractivity contribution is 6.07. The number of fused-ring (bicyclic) bond motifs is 2. The van der Waals surface area contributed by atoms with Crippen LogP contribution in [0.5, 0.6) is 0 Å². The molecule has 0 amide bonds. The number of pyridine rings is 1. The second-order valence-corrected chi connectivity index (χ2v) is 7.45. The van der Waals surface area contributed by atoms with Crippen LogP contribution >= 0.6 is 0 Å². The number of aromatic nitrogens is 1. The van der Waals surface area contributed by atoms with Crippen molar-refractivity contribution in [2.45, 2.75) is 33.6 Å². The molecule has 0 N–H and O–H groups in total. The minimum absolute atomic E-state index is 1.06. The topological polar surface area (TPSA) is 16.1 Å². The molecule has 0 unspecified atom stereocenters. The number of rotatable bonds is 6. The largest absolute Gasteiger partial charge is 0.370 e. The van der Waals surface area contributed by atoms with Crippen LogP contribution in [-0.2, 0) is 0 Å². The van der Waals surface area contributed by atoms with Crippen LogP contribution in [0.4, 0.5) is 5.69 Å². The Kier molecular flexibility index (Phi) is 5.29. The molecule has 0 bridgehead atoms. The Morgan fingerprint density at radius 3 is 2.04 bits per heavy atom. The van der Waals surface area contributed by atoms with E-state index in [2.05, 4.69) is 92.4 Å². The predicted molar refractivity (Wildman–Crippen MR) is 122 cm³/mol. The van der Waals surface area contributed by atoms with E-state index < -0.39 is 0 Å². The molecule has 4 rings (SSSR count). The highest BCUT2D eigenvalue weighted by Gasteiger charge is 2.18. The predicted octanol–water partition coefficient (Wildman–Crippen LogP) is 6.99. The zero-order valence-corrected chi connectivity index (χ0v) is 17.1. The molecule has 0 atom stereocenters. The molecule has 2 heteroatoms. The molecular formula is C26H28N2. The fraction of sp³-hybridized carbons (Fsp3) is 0.269. The van der Waals surface area contributed by atoms with Crippen molar-refractivity contribution in [2.75, 3.05) is 18.0 Å². The highest BCUT2D eigenvalue weighted by Crippen LogP contribution is 2.38. The second kappa shape index (κ2) is 8.02. The summed E-state index contributed by atoms with van der Waals surface area (Å²) in [4.78, 5) is 7.68. The Labute approximate surface area is 167 Å². The summed E-state index contributed by atoms with van der Waals surface area (Å²) in [5.74, 6) is 0. The molecule has 4 aromatic rings. The fourth-order valence-electron chi connectivity index (χ4n) is 4.28. The average molecular weight is 369 g/mol. The van der Waals surface area contributed by atoms with Gasteiger partial charge in [0.15, 0.2) is 0 Å². The van der Waals surface area contributed by atoms with Gasteiger partial charge >= 0.3 is 0 Å². The summed E-state index contributed by atoms with van der Waals surface area (Å²) in [5, 5.41) is 5.05. The van der Waals surface area contributed by atoms with E-state index in [9.17, 15) is 0 Å². The molecule has 0 fully saturated rings. The monoisotopic (exact) mass is 368 g/mol. The lowest BCUT2D eigenvalue weighted by Crippen LogP contribution is -2.26. The molecule has 142 valence electrons. The SMILES string of the molecule is CCCN(CCC)c1c(C)nc(-c2cccc3ccccc23)c2ccccc12. The summed E-state index contributed by atoms with van der Waals surface area (Å²) in [5.41, 5.74) is 4.70. The van der Waals surface area contributed by atoms with Crippen molar-refractivity contribution in [3.8, 4) is 11.3 Å². The number of nitrogens with zero attached hydrogens (tertiary/aromatic N) is 2. The van der Waals surface area contributed by atoms with Crippen molar-refractivity contribution in [3.63, 3.8) is 0 Å². The normalized spacial score (nSPS) is 11.2. The molecule has 0 saturated heterocycles. The molecule has 0 spiro atoms. The van der Waals surface area contributed by atoms with Crippen LogP contribution in [0.15, 0.2) is 66.7 Å². The third-order valence-corrected chi connectivity index (χ3v) is 5.41. The molecule has 1 heterocycles. The Hall–Kier alpha value is -2.87. The summed E-state index contributed by atoms with van der Waals surface area (Å²) < 4.78 is 0. The van der Waals surface area contributed by atoms with Crippen molar-refractivity contribution in [2.24, 2.45) is 0 Å². The van der Waals surface area contributed by atoms with Gasteiger partial charge < -0.3 is 4.90 Å². The molecular weight excluding hydrogens is 340 g/mol. The molecule has 0 radical (unpaired) electrons. The van der Waals surface area contributed by atoms with Crippen LogP contribution in [0.1, 0.15) is 32.4 Å². The van der Waals surface area contributed by atoms with Crippen LogP contribution in [0.2, 0.25) is 0 Å². The maximum atomic E-state index is 5.17. The molecule has 0 aliphatic carbocycles. The van der Waals surface area contributed by atoms with Crippen LogP contribution in [-0.4, -0.2) is 18.1 Å². The van der Waals surface area contributed by atoms with E-state index in [0.29, 0.717) is 0 Å². The van der Waals surface area contributed by atoms with Crippen molar-refractivity contribution in [1.82, 2.24) is 4.98 Å². The zero-order chi connectivity index (χ0) is 19.5. The van der Waals surface area contributed by atoms with Crippen molar-refractivity contribution in [1.29, 1.82) is 0 Å². The first-order valence-corrected chi connectivity index (χ1v) is 10.4. The van der Waals surface area contributed by atoms with Gasteiger partial charge in [0.05, 0.1) is 17.1 Å². The molecule has 3 aromatic carbocycles. The molecule has 0 aliphatic rings. The Balaban J connectivity index is 2.01. The van der Waals surface area contributed by atoms with E-state index in [1.807, 2.05) is 0 Å². The summed E-state index contributed by atoms with van der Waals surface area (Å²) in [6, 6.07) is 23.8. The lowest BCUT2D eigenvalue weighted by Gasteiger charge is -2.27. The van der Waals surface area contributed by atoms with E-state index in [1.165, 1.54) is 32.8 Å². The van der Waals surface area contributed by atoms with E-state index in [-0.39, 0.29) is 0 Å². The lowest BCUT2D eigenvalue weighted by atomic mass is 9.96. The van der Waals surface area contributed by atoms with Gasteiger partial charge in [-0.05, 0) is 30.5 Å². The molecule has 0 aliphatic heterocycles. The summed E-state index contributed by atoms with van der Waals surface area (Å²) in [6.07, 6.45) is 2.28. The number of benzene rings is 3. The number of aryl methyl sites for hydroxylation is 1. The van der Waals surface area contributed by atoms with Crippen LogP contribution in [0.25, 0.3) is 32.8 Å². The summed E-state index contributed by atoms with van der Waals surface area (Å²) >= 11 is 0. The number of hydrogen-bond acceptors (Lipinski definition) is 2. The third kappa shape index (κ3) is 3.24. The fourth-order valence-corrected chi connectivity index (χ4v) is 4.28. The smallest absolute Gasteiger partial charge is 0.0791 e. The van der Waals surface area contributed by atoms with Crippen LogP contribution in [0.3, 0.4) is 0 Å². The highest BCUT2D eigenvalue weighted by atomic mass is 15.1. The minimum atomic E-state index is 1.06. The zero-order valence-electron chi connectivity index (χ0n) is 17.1. The summed E-state index contributed by atoms with van der Waals surface area (Å²) in [6.45, 7) is 8.78. The van der Waals surface area contributed by atoms with Gasteiger partial charge in [0, 0.05) is 29.4 Å². The van der Waals surface area contributed by atoms with Gasteiger partial charge in [-0.3, -0.25) is 4.98 Å². The second-order valence-electron chi connectivity index (χ2n) is 7.45. The van der Waals surface area contributed by atoms with Gasteiger partial charge in [-0.15, -0.1) is 0 Å². The molecule has 2 nitrogen and oxygen atoms in total. The minimum Gasteiger partial charge on any atom is -0.370 e. The van der Waals surface area contributed by atoms with Crippen LogP contribution in [0, 0.1) is 6.92 Å². The van der Waals surface area contributed by atoms with Gasteiger partial charge in [0.1, 0.15) is 0 Å². The van der Waals surface area contributed by atoms with Crippen molar-refractivity contribution in [3.05, 3.63) is 72.4 Å². The van der Waals surface area contributed by atoms with Gasteiger partial charge in [-0.2, -0.15) is 0 Å². The van der Waals surface area contributed by atoms with Gasteiger partial charge in [0.25, 0.3) is 0 Å². The Bertz CT molecular complexity index is 1100. The van der Waals surface area contributed by atoms with Gasteiger partial charge in [-0.25, -0.2) is 0 Å². The first-order valence-electron chi connectivity index (χ1n) is 10.4. The molecule has 1 aromatic heterocycles. The average Bonchev–Trinajstić information content (AvgIpc) is 2.73. The van der Waals surface area contributed by atoms with E-state index in [4.69, 9.17) is 4.98 Å². The first kappa shape index (κ1) is 18.5. The quantitative estimate of drug-likeness (QED) is 0.364. The van der Waals surface area contributed by atoms with Gasteiger partial charge in [0.2, 0.25) is 0 Å². The third-order valence-electron chi connectivity index (χ3n) is 5.41. The first-order chi connectivity index (χ1) is 13.7. The van der Waals surface area contributed by atoms with Crippen LogP contribution < -0.4 is 4.90 Å².